The lowest BCUT2D eigenvalue weighted by Gasteiger charge is -2.14. The zero-order valence-electron chi connectivity index (χ0n) is 12.0. The molecule has 0 aliphatic rings. The summed E-state index contributed by atoms with van der Waals surface area (Å²) in [4.78, 5) is 11.4. The van der Waals surface area contributed by atoms with Crippen LogP contribution >= 0.6 is 23.2 Å². The van der Waals surface area contributed by atoms with Gasteiger partial charge in [0.2, 0.25) is 5.91 Å². The molecule has 0 heterocycles. The molecule has 7 heteroatoms. The van der Waals surface area contributed by atoms with Gasteiger partial charge in [-0.05, 0) is 26.0 Å². The topological polar surface area (TPSA) is 70.6 Å². The molecule has 0 radical (unpaired) electrons. The highest BCUT2D eigenvalue weighted by Gasteiger charge is 2.08. The molecule has 1 amide bonds. The summed E-state index contributed by atoms with van der Waals surface area (Å²) in [7, 11) is 0. The summed E-state index contributed by atoms with van der Waals surface area (Å²) < 4.78 is 5.39. The van der Waals surface area contributed by atoms with Gasteiger partial charge in [0.1, 0.15) is 18.5 Å². The molecule has 0 aliphatic heterocycles. The zero-order chi connectivity index (χ0) is 15.8. The number of rotatable bonds is 8. The molecule has 0 aliphatic carbocycles. The van der Waals surface area contributed by atoms with Crippen molar-refractivity contribution in [3.05, 3.63) is 28.2 Å². The second-order valence-electron chi connectivity index (χ2n) is 4.89. The van der Waals surface area contributed by atoms with Gasteiger partial charge in [-0.3, -0.25) is 4.79 Å². The summed E-state index contributed by atoms with van der Waals surface area (Å²) in [6, 6.07) is 4.98. The molecule has 1 unspecified atom stereocenters. The first-order valence-electron chi connectivity index (χ1n) is 6.64. The first kappa shape index (κ1) is 18.0. The fourth-order valence-corrected chi connectivity index (χ4v) is 1.83. The van der Waals surface area contributed by atoms with E-state index in [4.69, 9.17) is 27.9 Å². The van der Waals surface area contributed by atoms with E-state index in [1.807, 2.05) is 13.8 Å². The minimum absolute atomic E-state index is 0.0940. The van der Waals surface area contributed by atoms with E-state index in [1.165, 1.54) is 0 Å². The Balaban J connectivity index is 2.23. The largest absolute Gasteiger partial charge is 0.491 e. The van der Waals surface area contributed by atoms with Crippen LogP contribution in [0.3, 0.4) is 0 Å². The van der Waals surface area contributed by atoms with Crippen LogP contribution in [-0.4, -0.2) is 42.9 Å². The number of hydrogen-bond acceptors (Lipinski definition) is 4. The first-order chi connectivity index (χ1) is 9.88. The van der Waals surface area contributed by atoms with E-state index in [0.29, 0.717) is 15.8 Å². The Morgan fingerprint density at radius 3 is 2.67 bits per heavy atom. The Morgan fingerprint density at radius 1 is 1.33 bits per heavy atom. The van der Waals surface area contributed by atoms with Crippen molar-refractivity contribution in [1.29, 1.82) is 0 Å². The molecule has 1 atom stereocenters. The molecule has 21 heavy (non-hydrogen) atoms. The van der Waals surface area contributed by atoms with Gasteiger partial charge in [-0.15, -0.1) is 0 Å². The smallest absolute Gasteiger partial charge is 0.234 e. The summed E-state index contributed by atoms with van der Waals surface area (Å²) in [5.41, 5.74) is 0. The number of halogens is 2. The first-order valence-corrected chi connectivity index (χ1v) is 7.40. The minimum atomic E-state index is -0.730. The molecule has 1 aromatic rings. The van der Waals surface area contributed by atoms with Crippen LogP contribution in [0.2, 0.25) is 10.0 Å². The van der Waals surface area contributed by atoms with Gasteiger partial charge in [0.25, 0.3) is 0 Å². The number of aliphatic hydroxyl groups excluding tert-OH is 1. The second kappa shape index (κ2) is 9.10. The number of aliphatic hydroxyl groups is 1. The molecular weight excluding hydrogens is 315 g/mol. The van der Waals surface area contributed by atoms with Crippen LogP contribution < -0.4 is 15.4 Å². The molecule has 1 aromatic carbocycles. The molecule has 0 saturated heterocycles. The van der Waals surface area contributed by atoms with Crippen LogP contribution in [0.5, 0.6) is 5.75 Å². The van der Waals surface area contributed by atoms with Crippen LogP contribution in [0.1, 0.15) is 13.8 Å². The highest BCUT2D eigenvalue weighted by atomic mass is 35.5. The number of nitrogens with one attached hydrogen (secondary N) is 2. The zero-order valence-corrected chi connectivity index (χ0v) is 13.5. The summed E-state index contributed by atoms with van der Waals surface area (Å²) in [5.74, 6) is 0.420. The van der Waals surface area contributed by atoms with Crippen molar-refractivity contribution < 1.29 is 14.6 Å². The van der Waals surface area contributed by atoms with E-state index in [2.05, 4.69) is 10.6 Å². The summed E-state index contributed by atoms with van der Waals surface area (Å²) in [5, 5.41) is 16.2. The Labute approximate surface area is 134 Å². The van der Waals surface area contributed by atoms with Gasteiger partial charge in [-0.1, -0.05) is 23.2 Å². The third-order valence-electron chi connectivity index (χ3n) is 2.45. The van der Waals surface area contributed by atoms with Crippen LogP contribution in [0.15, 0.2) is 18.2 Å². The van der Waals surface area contributed by atoms with Crippen molar-refractivity contribution in [3.63, 3.8) is 0 Å². The number of ether oxygens (including phenoxy) is 1. The van der Waals surface area contributed by atoms with Crippen molar-refractivity contribution >= 4 is 29.1 Å². The van der Waals surface area contributed by atoms with Crippen LogP contribution in [0, 0.1) is 0 Å². The van der Waals surface area contributed by atoms with E-state index in [-0.39, 0.29) is 31.6 Å². The normalized spacial score (nSPS) is 12.3. The van der Waals surface area contributed by atoms with E-state index in [1.54, 1.807) is 18.2 Å². The van der Waals surface area contributed by atoms with E-state index < -0.39 is 6.10 Å². The van der Waals surface area contributed by atoms with Gasteiger partial charge in [0.15, 0.2) is 0 Å². The summed E-state index contributed by atoms with van der Waals surface area (Å²) in [6.07, 6.45) is -0.730. The highest BCUT2D eigenvalue weighted by molar-refractivity contribution is 6.42. The maximum Gasteiger partial charge on any atom is 0.234 e. The average molecular weight is 335 g/mol. The summed E-state index contributed by atoms with van der Waals surface area (Å²) in [6.45, 7) is 4.28. The molecule has 1 rings (SSSR count). The third-order valence-corrected chi connectivity index (χ3v) is 3.19. The minimum Gasteiger partial charge on any atom is -0.491 e. The molecule has 3 N–H and O–H groups in total. The van der Waals surface area contributed by atoms with E-state index >= 15 is 0 Å². The lowest BCUT2D eigenvalue weighted by Crippen LogP contribution is -2.41. The molecule has 0 bridgehead atoms. The monoisotopic (exact) mass is 334 g/mol. The van der Waals surface area contributed by atoms with Crippen molar-refractivity contribution in [2.24, 2.45) is 0 Å². The van der Waals surface area contributed by atoms with Crippen LogP contribution in [0.25, 0.3) is 0 Å². The predicted molar refractivity (Wildman–Crippen MR) is 84.1 cm³/mol. The van der Waals surface area contributed by atoms with Crippen molar-refractivity contribution in [3.8, 4) is 5.75 Å². The maximum atomic E-state index is 11.4. The number of benzene rings is 1. The fourth-order valence-electron chi connectivity index (χ4n) is 1.54. The molecule has 5 nitrogen and oxygen atoms in total. The maximum absolute atomic E-state index is 11.4. The number of amides is 1. The molecule has 0 aromatic heterocycles. The molecule has 0 fully saturated rings. The SMILES string of the molecule is CC(C)NC(=O)CNCC(O)COc1ccc(Cl)c(Cl)c1. The van der Waals surface area contributed by atoms with Gasteiger partial charge >= 0.3 is 0 Å². The molecule has 0 spiro atoms. The van der Waals surface area contributed by atoms with Crippen molar-refractivity contribution in [2.45, 2.75) is 26.0 Å². The standard InChI is InChI=1S/C14H20Cl2N2O3/c1-9(2)18-14(20)7-17-6-10(19)8-21-11-3-4-12(15)13(16)5-11/h3-5,9-10,17,19H,6-8H2,1-2H3,(H,18,20). The van der Waals surface area contributed by atoms with Crippen LogP contribution in [-0.2, 0) is 4.79 Å². The lowest BCUT2D eigenvalue weighted by atomic mass is 10.3. The van der Waals surface area contributed by atoms with Crippen LogP contribution in [0.4, 0.5) is 0 Å². The third kappa shape index (κ3) is 7.52. The Hall–Kier alpha value is -1.01. The van der Waals surface area contributed by atoms with Gasteiger partial charge in [0, 0.05) is 18.7 Å². The predicted octanol–water partition coefficient (Wildman–Crippen LogP) is 1.85. The van der Waals surface area contributed by atoms with E-state index in [9.17, 15) is 9.90 Å². The number of carbonyl (C=O) groups excluding carboxylic acids is 1. The summed E-state index contributed by atoms with van der Waals surface area (Å²) >= 11 is 11.7. The van der Waals surface area contributed by atoms with Crippen molar-refractivity contribution in [1.82, 2.24) is 10.6 Å². The molecular formula is C14H20Cl2N2O3. The van der Waals surface area contributed by atoms with Gasteiger partial charge < -0.3 is 20.5 Å². The average Bonchev–Trinajstić information content (AvgIpc) is 2.39. The number of hydrogen-bond donors (Lipinski definition) is 3. The molecule has 118 valence electrons. The highest BCUT2D eigenvalue weighted by Crippen LogP contribution is 2.26. The quantitative estimate of drug-likeness (QED) is 0.678. The second-order valence-corrected chi connectivity index (χ2v) is 5.71. The van der Waals surface area contributed by atoms with Gasteiger partial charge in [-0.2, -0.15) is 0 Å². The van der Waals surface area contributed by atoms with Crippen molar-refractivity contribution in [2.75, 3.05) is 19.7 Å². The Morgan fingerprint density at radius 2 is 2.05 bits per heavy atom. The van der Waals surface area contributed by atoms with Gasteiger partial charge in [0.05, 0.1) is 16.6 Å². The lowest BCUT2D eigenvalue weighted by molar-refractivity contribution is -0.120. The van der Waals surface area contributed by atoms with E-state index in [0.717, 1.165) is 0 Å². The van der Waals surface area contributed by atoms with Gasteiger partial charge in [-0.25, -0.2) is 0 Å². The molecule has 0 saturated carbocycles. The Kier molecular flexibility index (Phi) is 7.82. The fraction of sp³-hybridized carbons (Fsp3) is 0.500. The number of carbonyl (C=O) groups is 1. The Bertz CT molecular complexity index is 470.